The Balaban J connectivity index is 2.49. The quantitative estimate of drug-likeness (QED) is 0.801. The molecule has 0 saturated carbocycles. The molecule has 0 bridgehead atoms. The summed E-state index contributed by atoms with van der Waals surface area (Å²) in [4.78, 5) is 0. The van der Waals surface area contributed by atoms with Gasteiger partial charge in [-0.1, -0.05) is 35.9 Å². The largest absolute Gasteiger partial charge is 0.416 e. The topological polar surface area (TPSA) is 12.0 Å². The first-order chi connectivity index (χ1) is 9.84. The molecule has 21 heavy (non-hydrogen) atoms. The predicted molar refractivity (Wildman–Crippen MR) is 73.8 cm³/mol. The lowest BCUT2D eigenvalue weighted by Gasteiger charge is -2.19. The average Bonchev–Trinajstić information content (AvgIpc) is 2.44. The van der Waals surface area contributed by atoms with Gasteiger partial charge in [0.15, 0.2) is 0 Å². The van der Waals surface area contributed by atoms with E-state index in [4.69, 9.17) is 11.6 Å². The summed E-state index contributed by atoms with van der Waals surface area (Å²) < 4.78 is 52.4. The van der Waals surface area contributed by atoms with Crippen LogP contribution in [0.25, 0.3) is 0 Å². The molecule has 0 amide bonds. The van der Waals surface area contributed by atoms with E-state index in [0.29, 0.717) is 5.56 Å². The number of halogens is 5. The monoisotopic (exact) mass is 317 g/mol. The summed E-state index contributed by atoms with van der Waals surface area (Å²) in [6.07, 6.45) is -4.44. The van der Waals surface area contributed by atoms with Crippen LogP contribution in [-0.4, -0.2) is 7.05 Å². The highest BCUT2D eigenvalue weighted by molar-refractivity contribution is 6.30. The molecule has 0 saturated heterocycles. The Labute approximate surface area is 124 Å². The van der Waals surface area contributed by atoms with E-state index < -0.39 is 23.6 Å². The summed E-state index contributed by atoms with van der Waals surface area (Å²) in [5.41, 5.74) is -0.263. The molecule has 0 radical (unpaired) electrons. The first-order valence-corrected chi connectivity index (χ1v) is 6.50. The maximum atomic E-state index is 14.1. The van der Waals surface area contributed by atoms with Gasteiger partial charge in [-0.05, 0) is 30.8 Å². The summed E-state index contributed by atoms with van der Waals surface area (Å²) in [6, 6.07) is 8.50. The van der Waals surface area contributed by atoms with Gasteiger partial charge in [0.2, 0.25) is 0 Å². The second-order valence-electron chi connectivity index (χ2n) is 4.49. The van der Waals surface area contributed by atoms with Gasteiger partial charge in [0.25, 0.3) is 0 Å². The van der Waals surface area contributed by atoms with Crippen molar-refractivity contribution in [3.63, 3.8) is 0 Å². The minimum absolute atomic E-state index is 0.0697. The van der Waals surface area contributed by atoms with Crippen LogP contribution in [-0.2, 0) is 6.18 Å². The molecule has 1 nitrogen and oxygen atoms in total. The van der Waals surface area contributed by atoms with Crippen molar-refractivity contribution >= 4 is 11.6 Å². The molecule has 0 aliphatic carbocycles. The lowest BCUT2D eigenvalue weighted by atomic mass is 9.96. The molecule has 112 valence electrons. The first-order valence-electron chi connectivity index (χ1n) is 6.13. The number of alkyl halides is 3. The molecule has 0 aliphatic heterocycles. The normalized spacial score (nSPS) is 13.2. The zero-order chi connectivity index (χ0) is 15.6. The van der Waals surface area contributed by atoms with Crippen molar-refractivity contribution in [3.05, 3.63) is 70.0 Å². The summed E-state index contributed by atoms with van der Waals surface area (Å²) in [5.74, 6) is -0.643. The van der Waals surface area contributed by atoms with Crippen LogP contribution < -0.4 is 5.32 Å². The highest BCUT2D eigenvalue weighted by Crippen LogP contribution is 2.33. The van der Waals surface area contributed by atoms with Crippen molar-refractivity contribution in [1.82, 2.24) is 5.32 Å². The molecule has 0 spiro atoms. The van der Waals surface area contributed by atoms with Crippen molar-refractivity contribution in [1.29, 1.82) is 0 Å². The van der Waals surface area contributed by atoms with Crippen molar-refractivity contribution in [2.24, 2.45) is 0 Å². The third-order valence-corrected chi connectivity index (χ3v) is 3.42. The van der Waals surface area contributed by atoms with Gasteiger partial charge in [0, 0.05) is 5.56 Å². The van der Waals surface area contributed by atoms with Crippen LogP contribution in [0.2, 0.25) is 5.02 Å². The zero-order valence-corrected chi connectivity index (χ0v) is 11.8. The van der Waals surface area contributed by atoms with Crippen LogP contribution in [0.15, 0.2) is 42.5 Å². The Hall–Kier alpha value is -1.59. The second kappa shape index (κ2) is 6.03. The summed E-state index contributed by atoms with van der Waals surface area (Å²) in [5, 5.41) is 2.75. The molecule has 0 fully saturated rings. The fourth-order valence-electron chi connectivity index (χ4n) is 2.14. The van der Waals surface area contributed by atoms with Crippen LogP contribution in [0.4, 0.5) is 17.6 Å². The third-order valence-electron chi connectivity index (χ3n) is 3.13. The van der Waals surface area contributed by atoms with Gasteiger partial charge in [-0.15, -0.1) is 0 Å². The second-order valence-corrected chi connectivity index (χ2v) is 4.90. The molecule has 0 aliphatic rings. The van der Waals surface area contributed by atoms with E-state index in [-0.39, 0.29) is 10.6 Å². The van der Waals surface area contributed by atoms with E-state index in [0.717, 1.165) is 12.1 Å². The van der Waals surface area contributed by atoms with Crippen LogP contribution in [0.1, 0.15) is 22.7 Å². The lowest BCUT2D eigenvalue weighted by molar-refractivity contribution is -0.137. The molecule has 0 aromatic heterocycles. The molecule has 2 rings (SSSR count). The number of benzene rings is 2. The van der Waals surface area contributed by atoms with E-state index in [1.807, 2.05) is 0 Å². The molecular weight excluding hydrogens is 306 g/mol. The fourth-order valence-corrected chi connectivity index (χ4v) is 2.32. The predicted octanol–water partition coefficient (Wildman–Crippen LogP) is 4.81. The van der Waals surface area contributed by atoms with E-state index in [9.17, 15) is 17.6 Å². The van der Waals surface area contributed by atoms with Gasteiger partial charge < -0.3 is 5.32 Å². The van der Waals surface area contributed by atoms with E-state index >= 15 is 0 Å². The number of hydrogen-bond acceptors (Lipinski definition) is 1. The Morgan fingerprint density at radius 1 is 1.10 bits per heavy atom. The first kappa shape index (κ1) is 15.8. The van der Waals surface area contributed by atoms with E-state index in [1.54, 1.807) is 13.1 Å². The highest BCUT2D eigenvalue weighted by atomic mass is 35.5. The van der Waals surface area contributed by atoms with Crippen LogP contribution in [0.3, 0.4) is 0 Å². The number of hydrogen-bond donors (Lipinski definition) is 1. The fraction of sp³-hybridized carbons (Fsp3) is 0.200. The van der Waals surface area contributed by atoms with Gasteiger partial charge in [-0.2, -0.15) is 13.2 Å². The number of rotatable bonds is 3. The van der Waals surface area contributed by atoms with Crippen molar-refractivity contribution in [2.75, 3.05) is 7.05 Å². The molecule has 1 N–H and O–H groups in total. The van der Waals surface area contributed by atoms with Gasteiger partial charge in [0.05, 0.1) is 16.6 Å². The van der Waals surface area contributed by atoms with Gasteiger partial charge >= 0.3 is 6.18 Å². The molecule has 2 aromatic carbocycles. The summed E-state index contributed by atoms with van der Waals surface area (Å²) in [6.45, 7) is 0. The number of nitrogens with one attached hydrogen (secondary N) is 1. The minimum Gasteiger partial charge on any atom is -0.309 e. The van der Waals surface area contributed by atoms with Gasteiger partial charge in [-0.25, -0.2) is 4.39 Å². The average molecular weight is 318 g/mol. The van der Waals surface area contributed by atoms with Gasteiger partial charge in [-0.3, -0.25) is 0 Å². The third kappa shape index (κ3) is 3.36. The zero-order valence-electron chi connectivity index (χ0n) is 11.0. The molecule has 1 unspecified atom stereocenters. The molecule has 6 heteroatoms. The molecule has 0 heterocycles. The van der Waals surface area contributed by atoms with Crippen molar-refractivity contribution in [2.45, 2.75) is 12.2 Å². The Morgan fingerprint density at radius 2 is 1.76 bits per heavy atom. The molecule has 2 aromatic rings. The summed E-state index contributed by atoms with van der Waals surface area (Å²) in [7, 11) is 1.55. The van der Waals surface area contributed by atoms with Gasteiger partial charge in [0.1, 0.15) is 5.82 Å². The lowest BCUT2D eigenvalue weighted by Crippen LogP contribution is -2.20. The van der Waals surface area contributed by atoms with E-state index in [1.165, 1.54) is 24.3 Å². The van der Waals surface area contributed by atoms with Crippen molar-refractivity contribution in [3.8, 4) is 0 Å². The highest BCUT2D eigenvalue weighted by Gasteiger charge is 2.31. The smallest absolute Gasteiger partial charge is 0.309 e. The Morgan fingerprint density at radius 3 is 2.38 bits per heavy atom. The van der Waals surface area contributed by atoms with Crippen LogP contribution >= 0.6 is 11.6 Å². The SMILES string of the molecule is CNC(c1cccc(C(F)(F)F)c1)c1cccc(Cl)c1F. The van der Waals surface area contributed by atoms with Crippen LogP contribution in [0, 0.1) is 5.82 Å². The maximum Gasteiger partial charge on any atom is 0.416 e. The molecule has 1 atom stereocenters. The minimum atomic E-state index is -4.44. The van der Waals surface area contributed by atoms with E-state index in [2.05, 4.69) is 5.32 Å². The van der Waals surface area contributed by atoms with Crippen molar-refractivity contribution < 1.29 is 17.6 Å². The Kier molecular flexibility index (Phi) is 4.54. The summed E-state index contributed by atoms with van der Waals surface area (Å²) >= 11 is 5.72. The standard InChI is InChI=1S/C15H12ClF4N/c1-21-14(11-6-3-7-12(16)13(11)17)9-4-2-5-10(8-9)15(18,19)20/h2-8,14,21H,1H3. The molecular formula is C15H12ClF4N. The Bertz CT molecular complexity index is 640. The van der Waals surface area contributed by atoms with Crippen LogP contribution in [0.5, 0.6) is 0 Å². The maximum absolute atomic E-state index is 14.1.